The molecule has 0 bridgehead atoms. The van der Waals surface area contributed by atoms with Crippen molar-refractivity contribution in [1.82, 2.24) is 10.2 Å². The zero-order chi connectivity index (χ0) is 15.4. The number of amides is 2. The van der Waals surface area contributed by atoms with Gasteiger partial charge in [0.05, 0.1) is 18.1 Å². The van der Waals surface area contributed by atoms with Gasteiger partial charge >= 0.3 is 12.0 Å². The molecule has 2 saturated heterocycles. The fraction of sp³-hybridized carbons (Fsp3) is 0.733. The fourth-order valence-electron chi connectivity index (χ4n) is 3.14. The summed E-state index contributed by atoms with van der Waals surface area (Å²) in [6, 6.07) is -0.278. The number of carboxylic acid groups (broad SMARTS) is 1. The zero-order valence-corrected chi connectivity index (χ0v) is 12.5. The van der Waals surface area contributed by atoms with Crippen LogP contribution in [-0.2, 0) is 9.53 Å². The average molecular weight is 296 g/mol. The van der Waals surface area contributed by atoms with Gasteiger partial charge in [-0.05, 0) is 25.2 Å². The maximum Gasteiger partial charge on any atom is 0.317 e. The van der Waals surface area contributed by atoms with Crippen LogP contribution in [0.5, 0.6) is 0 Å². The van der Waals surface area contributed by atoms with Gasteiger partial charge in [-0.25, -0.2) is 4.79 Å². The van der Waals surface area contributed by atoms with Crippen molar-refractivity contribution in [3.63, 3.8) is 0 Å². The van der Waals surface area contributed by atoms with E-state index in [1.807, 2.05) is 6.92 Å². The molecule has 2 aliphatic heterocycles. The Labute approximate surface area is 125 Å². The van der Waals surface area contributed by atoms with Crippen molar-refractivity contribution in [2.24, 2.45) is 11.8 Å². The molecule has 2 unspecified atom stereocenters. The SMILES string of the molecule is C=C[C@@H]1OCCC[C@H]1NC(=O)N1CC(C)CC(C(=O)O)C1. The van der Waals surface area contributed by atoms with Crippen molar-refractivity contribution < 1.29 is 19.4 Å². The number of hydrogen-bond donors (Lipinski definition) is 2. The van der Waals surface area contributed by atoms with E-state index in [9.17, 15) is 9.59 Å². The quantitative estimate of drug-likeness (QED) is 0.773. The molecular weight excluding hydrogens is 272 g/mol. The Morgan fingerprint density at radius 3 is 2.86 bits per heavy atom. The van der Waals surface area contributed by atoms with Gasteiger partial charge in [0, 0.05) is 19.7 Å². The lowest BCUT2D eigenvalue weighted by Gasteiger charge is -2.37. The van der Waals surface area contributed by atoms with Gasteiger partial charge in [-0.15, -0.1) is 6.58 Å². The van der Waals surface area contributed by atoms with Crippen LogP contribution in [0.2, 0.25) is 0 Å². The van der Waals surface area contributed by atoms with Crippen molar-refractivity contribution in [3.8, 4) is 0 Å². The van der Waals surface area contributed by atoms with E-state index < -0.39 is 11.9 Å². The highest BCUT2D eigenvalue weighted by Gasteiger charge is 2.33. The second kappa shape index (κ2) is 6.93. The first-order chi connectivity index (χ1) is 10.0. The molecule has 0 aromatic heterocycles. The van der Waals surface area contributed by atoms with E-state index in [1.54, 1.807) is 11.0 Å². The number of carboxylic acids is 1. The molecule has 6 heteroatoms. The van der Waals surface area contributed by atoms with Crippen LogP contribution in [0.15, 0.2) is 12.7 Å². The number of carbonyl (C=O) groups excluding carboxylic acids is 1. The van der Waals surface area contributed by atoms with Gasteiger partial charge in [-0.2, -0.15) is 0 Å². The predicted molar refractivity (Wildman–Crippen MR) is 78.0 cm³/mol. The van der Waals surface area contributed by atoms with E-state index in [2.05, 4.69) is 11.9 Å². The molecule has 0 aromatic carbocycles. The number of urea groups is 1. The molecule has 0 aromatic rings. The van der Waals surface area contributed by atoms with Crippen molar-refractivity contribution in [3.05, 3.63) is 12.7 Å². The maximum absolute atomic E-state index is 12.4. The van der Waals surface area contributed by atoms with E-state index in [0.29, 0.717) is 19.6 Å². The first-order valence-corrected chi connectivity index (χ1v) is 7.53. The number of nitrogens with zero attached hydrogens (tertiary/aromatic N) is 1. The molecule has 0 aliphatic carbocycles. The number of piperidine rings is 1. The van der Waals surface area contributed by atoms with Gasteiger partial charge in [0.2, 0.25) is 0 Å². The molecule has 2 amide bonds. The standard InChI is InChI=1S/C15H24N2O4/c1-3-13-12(5-4-6-21-13)16-15(20)17-8-10(2)7-11(9-17)14(18)19/h3,10-13H,1,4-9H2,2H3,(H,16,20)(H,18,19)/t10?,11?,12-,13+/m1/s1. The molecule has 2 aliphatic rings. The van der Waals surface area contributed by atoms with Gasteiger partial charge in [-0.3, -0.25) is 4.79 Å². The molecule has 4 atom stereocenters. The topological polar surface area (TPSA) is 78.9 Å². The number of likely N-dealkylation sites (tertiary alicyclic amines) is 1. The molecular formula is C15H24N2O4. The van der Waals surface area contributed by atoms with Crippen LogP contribution in [0.3, 0.4) is 0 Å². The summed E-state index contributed by atoms with van der Waals surface area (Å²) in [5.74, 6) is -1.11. The third-order valence-corrected chi connectivity index (χ3v) is 4.20. The highest BCUT2D eigenvalue weighted by molar-refractivity contribution is 5.77. The molecule has 2 N–H and O–H groups in total. The molecule has 2 fully saturated rings. The van der Waals surface area contributed by atoms with Gasteiger partial charge in [0.1, 0.15) is 0 Å². The van der Waals surface area contributed by atoms with Crippen molar-refractivity contribution in [2.75, 3.05) is 19.7 Å². The number of aliphatic carboxylic acids is 1. The Morgan fingerprint density at radius 2 is 2.19 bits per heavy atom. The minimum atomic E-state index is -0.829. The van der Waals surface area contributed by atoms with Crippen LogP contribution >= 0.6 is 0 Å². The van der Waals surface area contributed by atoms with Gasteiger partial charge in [-0.1, -0.05) is 13.0 Å². The molecule has 2 heterocycles. The largest absolute Gasteiger partial charge is 0.481 e. The summed E-state index contributed by atoms with van der Waals surface area (Å²) in [6.07, 6.45) is 3.93. The van der Waals surface area contributed by atoms with Crippen LogP contribution in [0.25, 0.3) is 0 Å². The van der Waals surface area contributed by atoms with E-state index in [1.165, 1.54) is 0 Å². The number of hydrogen-bond acceptors (Lipinski definition) is 3. The molecule has 6 nitrogen and oxygen atoms in total. The van der Waals surface area contributed by atoms with Crippen LogP contribution in [0.4, 0.5) is 4.79 Å². The lowest BCUT2D eigenvalue weighted by atomic mass is 9.90. The normalized spacial score (nSPS) is 33.3. The third-order valence-electron chi connectivity index (χ3n) is 4.20. The molecule has 0 radical (unpaired) electrons. The second-order valence-corrected chi connectivity index (χ2v) is 6.05. The molecule has 2 rings (SSSR count). The number of rotatable bonds is 3. The van der Waals surface area contributed by atoms with Gasteiger partial charge in [0.25, 0.3) is 0 Å². The first kappa shape index (κ1) is 15.8. The molecule has 0 saturated carbocycles. The predicted octanol–water partition coefficient (Wildman–Crippen LogP) is 1.47. The summed E-state index contributed by atoms with van der Waals surface area (Å²) >= 11 is 0. The molecule has 0 spiro atoms. The summed E-state index contributed by atoms with van der Waals surface area (Å²) in [6.45, 7) is 7.27. The Balaban J connectivity index is 1.95. The zero-order valence-electron chi connectivity index (χ0n) is 12.5. The maximum atomic E-state index is 12.4. The van der Waals surface area contributed by atoms with Crippen molar-refractivity contribution >= 4 is 12.0 Å². The summed E-state index contributed by atoms with van der Waals surface area (Å²) in [4.78, 5) is 25.2. The van der Waals surface area contributed by atoms with Crippen molar-refractivity contribution in [1.29, 1.82) is 0 Å². The van der Waals surface area contributed by atoms with Crippen LogP contribution in [0.1, 0.15) is 26.2 Å². The summed E-state index contributed by atoms with van der Waals surface area (Å²) in [5.41, 5.74) is 0. The lowest BCUT2D eigenvalue weighted by molar-refractivity contribution is -0.143. The number of nitrogens with one attached hydrogen (secondary N) is 1. The van der Waals surface area contributed by atoms with E-state index in [4.69, 9.17) is 9.84 Å². The summed E-state index contributed by atoms with van der Waals surface area (Å²) in [5, 5.41) is 12.1. The Kier molecular flexibility index (Phi) is 5.22. The minimum Gasteiger partial charge on any atom is -0.481 e. The Morgan fingerprint density at radius 1 is 1.43 bits per heavy atom. The number of carbonyl (C=O) groups is 2. The minimum absolute atomic E-state index is 0.0794. The smallest absolute Gasteiger partial charge is 0.317 e. The van der Waals surface area contributed by atoms with Crippen LogP contribution < -0.4 is 5.32 Å². The van der Waals surface area contributed by atoms with E-state index in [-0.39, 0.29) is 30.6 Å². The Bertz CT molecular complexity index is 412. The summed E-state index contributed by atoms with van der Waals surface area (Å²) < 4.78 is 5.56. The van der Waals surface area contributed by atoms with Gasteiger partial charge in [0.15, 0.2) is 0 Å². The van der Waals surface area contributed by atoms with Crippen LogP contribution in [-0.4, -0.2) is 53.8 Å². The van der Waals surface area contributed by atoms with Crippen molar-refractivity contribution in [2.45, 2.75) is 38.3 Å². The highest BCUT2D eigenvalue weighted by atomic mass is 16.5. The number of ether oxygens (including phenoxy) is 1. The summed E-state index contributed by atoms with van der Waals surface area (Å²) in [7, 11) is 0. The Hall–Kier alpha value is -1.56. The first-order valence-electron chi connectivity index (χ1n) is 7.53. The third kappa shape index (κ3) is 3.97. The highest BCUT2D eigenvalue weighted by Crippen LogP contribution is 2.22. The molecule has 118 valence electrons. The average Bonchev–Trinajstić information content (AvgIpc) is 2.47. The second-order valence-electron chi connectivity index (χ2n) is 6.05. The lowest BCUT2D eigenvalue weighted by Crippen LogP contribution is -2.54. The van der Waals surface area contributed by atoms with E-state index in [0.717, 1.165) is 12.8 Å². The van der Waals surface area contributed by atoms with Gasteiger partial charge < -0.3 is 20.1 Å². The van der Waals surface area contributed by atoms with Crippen LogP contribution in [0, 0.1) is 11.8 Å². The van der Waals surface area contributed by atoms with E-state index >= 15 is 0 Å². The fourth-order valence-corrected chi connectivity index (χ4v) is 3.14. The monoisotopic (exact) mass is 296 g/mol. The molecule has 21 heavy (non-hydrogen) atoms.